The molecule has 1 aliphatic rings. The van der Waals surface area contributed by atoms with Gasteiger partial charge in [0.15, 0.2) is 4.87 Å². The highest BCUT2D eigenvalue weighted by molar-refractivity contribution is 8.17. The third-order valence-electron chi connectivity index (χ3n) is 3.99. The molecule has 2 aromatic carbocycles. The summed E-state index contributed by atoms with van der Waals surface area (Å²) in [5.41, 5.74) is 3.29. The number of benzene rings is 2. The molecule has 3 nitrogen and oxygen atoms in total. The lowest BCUT2D eigenvalue weighted by atomic mass is 9.98. The van der Waals surface area contributed by atoms with E-state index in [4.69, 9.17) is 4.99 Å². The Bertz CT molecular complexity index is 853. The Labute approximate surface area is 144 Å². The van der Waals surface area contributed by atoms with E-state index >= 15 is 0 Å². The van der Waals surface area contributed by atoms with E-state index in [9.17, 15) is 4.79 Å². The fourth-order valence-electron chi connectivity index (χ4n) is 2.84. The summed E-state index contributed by atoms with van der Waals surface area (Å²) in [5, 5.41) is -0.0195. The van der Waals surface area contributed by atoms with Crippen LogP contribution in [0.1, 0.15) is 16.7 Å². The van der Waals surface area contributed by atoms with E-state index in [1.54, 1.807) is 12.4 Å². The highest BCUT2D eigenvalue weighted by atomic mass is 32.2. The Balaban J connectivity index is 1.93. The van der Waals surface area contributed by atoms with E-state index in [2.05, 4.69) is 4.98 Å². The fourth-order valence-corrected chi connectivity index (χ4v) is 4.02. The predicted molar refractivity (Wildman–Crippen MR) is 97.0 cm³/mol. The molecular weight excluding hydrogens is 316 g/mol. The van der Waals surface area contributed by atoms with Crippen molar-refractivity contribution >= 4 is 22.6 Å². The van der Waals surface area contributed by atoms with Crippen LogP contribution in [0, 0.1) is 0 Å². The summed E-state index contributed by atoms with van der Waals surface area (Å²) in [4.78, 5) is 20.9. The quantitative estimate of drug-likeness (QED) is 0.728. The first-order valence-corrected chi connectivity index (χ1v) is 8.46. The number of carbonyl (C=O) groups is 1. The number of aliphatic imine (C=N–C) groups is 1. The third-order valence-corrected chi connectivity index (χ3v) is 5.22. The molecule has 0 spiro atoms. The van der Waals surface area contributed by atoms with Crippen LogP contribution in [-0.2, 0) is 9.67 Å². The van der Waals surface area contributed by atoms with Crippen LogP contribution in [0.3, 0.4) is 0 Å². The second kappa shape index (κ2) is 6.06. The summed E-state index contributed by atoms with van der Waals surface area (Å²) < 4.78 is 0. The molecular formula is C20H14N2OS. The van der Waals surface area contributed by atoms with Crippen LogP contribution in [0.5, 0.6) is 0 Å². The number of rotatable bonds is 3. The molecule has 0 amide bonds. The molecule has 116 valence electrons. The zero-order chi connectivity index (χ0) is 16.4. The van der Waals surface area contributed by atoms with Gasteiger partial charge < -0.3 is 0 Å². The molecule has 0 radical (unpaired) electrons. The van der Waals surface area contributed by atoms with Gasteiger partial charge in [-0.3, -0.25) is 14.8 Å². The van der Waals surface area contributed by atoms with Crippen molar-refractivity contribution in [2.45, 2.75) is 4.87 Å². The molecule has 0 N–H and O–H groups in total. The van der Waals surface area contributed by atoms with Crippen LogP contribution in [-0.4, -0.2) is 15.8 Å². The van der Waals surface area contributed by atoms with Gasteiger partial charge in [-0.05, 0) is 35.0 Å². The minimum atomic E-state index is -0.738. The van der Waals surface area contributed by atoms with Gasteiger partial charge in [-0.15, -0.1) is 0 Å². The van der Waals surface area contributed by atoms with Crippen molar-refractivity contribution < 1.29 is 4.79 Å². The minimum Gasteiger partial charge on any atom is -0.280 e. The van der Waals surface area contributed by atoms with Gasteiger partial charge in [0.2, 0.25) is 5.12 Å². The van der Waals surface area contributed by atoms with E-state index < -0.39 is 4.87 Å². The van der Waals surface area contributed by atoms with Crippen LogP contribution >= 0.6 is 11.8 Å². The number of aromatic nitrogens is 1. The molecule has 4 heteroatoms. The molecule has 4 rings (SSSR count). The normalized spacial score (nSPS) is 16.0. The fraction of sp³-hybridized carbons (Fsp3) is 0.0500. The first-order chi connectivity index (χ1) is 11.8. The molecule has 1 aromatic heterocycles. The average molecular weight is 330 g/mol. The Morgan fingerprint density at radius 2 is 1.29 bits per heavy atom. The number of carbonyl (C=O) groups excluding carboxylic acids is 1. The van der Waals surface area contributed by atoms with Gasteiger partial charge >= 0.3 is 0 Å². The van der Waals surface area contributed by atoms with Crippen LogP contribution in [0.15, 0.2) is 90.2 Å². The second-order valence-corrected chi connectivity index (χ2v) is 6.63. The molecule has 2 heterocycles. The van der Waals surface area contributed by atoms with Crippen molar-refractivity contribution in [1.29, 1.82) is 0 Å². The van der Waals surface area contributed by atoms with Crippen LogP contribution in [0.25, 0.3) is 0 Å². The summed E-state index contributed by atoms with van der Waals surface area (Å²) in [5.74, 6) is 0. The average Bonchev–Trinajstić information content (AvgIpc) is 3.03. The summed E-state index contributed by atoms with van der Waals surface area (Å²) in [6.07, 6.45) is 3.36. The lowest BCUT2D eigenvalue weighted by molar-refractivity contribution is -0.105. The Morgan fingerprint density at radius 1 is 0.750 bits per heavy atom. The van der Waals surface area contributed by atoms with Gasteiger partial charge in [-0.2, -0.15) is 0 Å². The van der Waals surface area contributed by atoms with E-state index in [-0.39, 0.29) is 5.12 Å². The molecule has 0 bridgehead atoms. The Hall–Kier alpha value is -2.72. The summed E-state index contributed by atoms with van der Waals surface area (Å²) in [6.45, 7) is 0. The SMILES string of the molecule is O=C1SC(c2ccccc2)(c2ccccc2)N=C1c1ccncc1. The van der Waals surface area contributed by atoms with Crippen molar-refractivity contribution in [3.63, 3.8) is 0 Å². The zero-order valence-corrected chi connectivity index (χ0v) is 13.6. The maximum Gasteiger partial charge on any atom is 0.240 e. The lowest BCUT2D eigenvalue weighted by Crippen LogP contribution is -2.18. The lowest BCUT2D eigenvalue weighted by Gasteiger charge is -2.25. The highest BCUT2D eigenvalue weighted by Crippen LogP contribution is 2.49. The van der Waals surface area contributed by atoms with Crippen molar-refractivity contribution in [1.82, 2.24) is 4.98 Å². The van der Waals surface area contributed by atoms with Crippen molar-refractivity contribution in [2.75, 3.05) is 0 Å². The van der Waals surface area contributed by atoms with E-state index in [0.29, 0.717) is 5.71 Å². The number of hydrogen-bond donors (Lipinski definition) is 0. The summed E-state index contributed by atoms with van der Waals surface area (Å²) >= 11 is 1.26. The number of thioether (sulfide) groups is 1. The number of nitrogens with zero attached hydrogens (tertiary/aromatic N) is 2. The molecule has 0 saturated heterocycles. The maximum absolute atomic E-state index is 12.7. The Morgan fingerprint density at radius 3 is 1.83 bits per heavy atom. The number of pyridine rings is 1. The molecule has 1 aliphatic heterocycles. The van der Waals surface area contributed by atoms with Crippen molar-refractivity contribution in [3.8, 4) is 0 Å². The molecule has 3 aromatic rings. The van der Waals surface area contributed by atoms with E-state index in [1.807, 2.05) is 72.8 Å². The number of hydrogen-bond acceptors (Lipinski definition) is 4. The minimum absolute atomic E-state index is 0.0195. The molecule has 0 unspecified atom stereocenters. The molecule has 0 atom stereocenters. The molecule has 0 aliphatic carbocycles. The first kappa shape index (κ1) is 14.8. The van der Waals surface area contributed by atoms with Crippen LogP contribution < -0.4 is 0 Å². The first-order valence-electron chi connectivity index (χ1n) is 7.64. The van der Waals surface area contributed by atoms with E-state index in [1.165, 1.54) is 11.8 Å². The standard InChI is InChI=1S/C20H14N2OS/c23-19-18(15-11-13-21-14-12-15)22-20(24-19,16-7-3-1-4-8-16)17-9-5-2-6-10-17/h1-14H. The summed E-state index contributed by atoms with van der Waals surface area (Å²) in [7, 11) is 0. The van der Waals surface area contributed by atoms with Gasteiger partial charge in [0.1, 0.15) is 5.71 Å². The zero-order valence-electron chi connectivity index (χ0n) is 12.8. The van der Waals surface area contributed by atoms with Gasteiger partial charge in [0.05, 0.1) is 0 Å². The molecule has 0 saturated carbocycles. The van der Waals surface area contributed by atoms with Crippen molar-refractivity contribution in [3.05, 3.63) is 102 Å². The van der Waals surface area contributed by atoms with E-state index in [0.717, 1.165) is 16.7 Å². The van der Waals surface area contributed by atoms with Gasteiger partial charge in [-0.25, -0.2) is 0 Å². The van der Waals surface area contributed by atoms with Gasteiger partial charge in [0.25, 0.3) is 0 Å². The monoisotopic (exact) mass is 330 g/mol. The predicted octanol–water partition coefficient (Wildman–Crippen LogP) is 4.05. The van der Waals surface area contributed by atoms with Crippen molar-refractivity contribution in [2.24, 2.45) is 4.99 Å². The van der Waals surface area contributed by atoms with Gasteiger partial charge in [0, 0.05) is 18.0 Å². The smallest absolute Gasteiger partial charge is 0.240 e. The van der Waals surface area contributed by atoms with Crippen LogP contribution in [0.2, 0.25) is 0 Å². The summed E-state index contributed by atoms with van der Waals surface area (Å²) in [6, 6.07) is 23.6. The molecule has 0 fully saturated rings. The highest BCUT2D eigenvalue weighted by Gasteiger charge is 2.44. The largest absolute Gasteiger partial charge is 0.280 e. The second-order valence-electron chi connectivity index (χ2n) is 5.46. The Kier molecular flexibility index (Phi) is 3.75. The molecule has 24 heavy (non-hydrogen) atoms. The topological polar surface area (TPSA) is 42.3 Å². The maximum atomic E-state index is 12.7. The third kappa shape index (κ3) is 2.45. The van der Waals surface area contributed by atoms with Crippen LogP contribution in [0.4, 0.5) is 0 Å². The van der Waals surface area contributed by atoms with Gasteiger partial charge in [-0.1, -0.05) is 60.7 Å².